The van der Waals surface area contributed by atoms with Crippen LogP contribution in [0.15, 0.2) is 0 Å². The molecular weight excluding hydrogens is 280 g/mol. The summed E-state index contributed by atoms with van der Waals surface area (Å²) in [5.41, 5.74) is 0. The summed E-state index contributed by atoms with van der Waals surface area (Å²) in [4.78, 5) is 26.0. The molecule has 20 heavy (non-hydrogen) atoms. The average molecular weight is 304 g/mol. The van der Waals surface area contributed by atoms with Crippen molar-refractivity contribution in [3.05, 3.63) is 0 Å². The fraction of sp³-hybridized carbons (Fsp3) is 0.846. The van der Waals surface area contributed by atoms with E-state index in [1.54, 1.807) is 0 Å². The molecule has 0 aliphatic carbocycles. The lowest BCUT2D eigenvalue weighted by Gasteiger charge is -2.40. The normalized spacial score (nSPS) is 24.1. The van der Waals surface area contributed by atoms with E-state index >= 15 is 0 Å². The van der Waals surface area contributed by atoms with Crippen LogP contribution in [0.25, 0.3) is 0 Å². The van der Waals surface area contributed by atoms with Crippen molar-refractivity contribution in [3.8, 4) is 0 Å². The first kappa shape index (κ1) is 16.9. The number of hydrogen-bond donors (Lipinski definition) is 1. The molecule has 1 saturated heterocycles. The van der Waals surface area contributed by atoms with E-state index in [2.05, 4.69) is 5.32 Å². The molecule has 6 nitrogen and oxygen atoms in total. The standard InChI is InChI=1S/C13H24N2O4S/c1-5-6-10-12(16)14-11(9(2)3)13(17)15(10)7-8-20(4,18)19/h9-11H,5-8H2,1-4H3,(H,14,16). The minimum Gasteiger partial charge on any atom is -0.342 e. The van der Waals surface area contributed by atoms with Gasteiger partial charge in [0.15, 0.2) is 0 Å². The summed E-state index contributed by atoms with van der Waals surface area (Å²) in [6.07, 6.45) is 2.44. The van der Waals surface area contributed by atoms with E-state index in [-0.39, 0.29) is 30.0 Å². The molecule has 116 valence electrons. The molecule has 0 radical (unpaired) electrons. The molecule has 2 atom stereocenters. The maximum absolute atomic E-state index is 12.4. The smallest absolute Gasteiger partial charge is 0.246 e. The topological polar surface area (TPSA) is 83.6 Å². The molecule has 1 aliphatic rings. The van der Waals surface area contributed by atoms with Crippen molar-refractivity contribution < 1.29 is 18.0 Å². The maximum Gasteiger partial charge on any atom is 0.246 e. The molecule has 0 aromatic heterocycles. The van der Waals surface area contributed by atoms with Gasteiger partial charge in [-0.15, -0.1) is 0 Å². The second kappa shape index (κ2) is 6.56. The number of rotatable bonds is 6. The second-order valence-electron chi connectivity index (χ2n) is 5.70. The molecule has 0 spiro atoms. The lowest BCUT2D eigenvalue weighted by atomic mass is 9.96. The van der Waals surface area contributed by atoms with E-state index in [0.717, 1.165) is 12.7 Å². The molecule has 2 unspecified atom stereocenters. The third-order valence-electron chi connectivity index (χ3n) is 3.46. The molecule has 0 saturated carbocycles. The van der Waals surface area contributed by atoms with Crippen LogP contribution in [0.2, 0.25) is 0 Å². The van der Waals surface area contributed by atoms with Crippen molar-refractivity contribution in [1.82, 2.24) is 10.2 Å². The Morgan fingerprint density at radius 2 is 1.90 bits per heavy atom. The Morgan fingerprint density at radius 1 is 1.30 bits per heavy atom. The van der Waals surface area contributed by atoms with Gasteiger partial charge in [-0.05, 0) is 12.3 Å². The van der Waals surface area contributed by atoms with Gasteiger partial charge in [0.1, 0.15) is 21.9 Å². The first-order valence-corrected chi connectivity index (χ1v) is 9.02. The Labute approximate surface area is 120 Å². The van der Waals surface area contributed by atoms with Gasteiger partial charge in [-0.3, -0.25) is 9.59 Å². The maximum atomic E-state index is 12.4. The summed E-state index contributed by atoms with van der Waals surface area (Å²) in [6, 6.07) is -1.11. The van der Waals surface area contributed by atoms with E-state index in [1.165, 1.54) is 4.90 Å². The van der Waals surface area contributed by atoms with E-state index < -0.39 is 21.9 Å². The number of piperazine rings is 1. The molecular formula is C13H24N2O4S. The third kappa shape index (κ3) is 4.19. The van der Waals surface area contributed by atoms with Gasteiger partial charge in [-0.1, -0.05) is 27.2 Å². The number of carbonyl (C=O) groups excluding carboxylic acids is 2. The Hall–Kier alpha value is -1.11. The van der Waals surface area contributed by atoms with Crippen LogP contribution in [0, 0.1) is 5.92 Å². The zero-order valence-corrected chi connectivity index (χ0v) is 13.4. The van der Waals surface area contributed by atoms with Gasteiger partial charge in [-0.25, -0.2) is 8.42 Å². The zero-order chi connectivity index (χ0) is 15.5. The lowest BCUT2D eigenvalue weighted by Crippen LogP contribution is -2.65. The van der Waals surface area contributed by atoms with Crippen molar-refractivity contribution in [1.29, 1.82) is 0 Å². The fourth-order valence-electron chi connectivity index (χ4n) is 2.33. The second-order valence-corrected chi connectivity index (χ2v) is 7.96. The molecule has 0 aromatic rings. The number of hydrogen-bond acceptors (Lipinski definition) is 4. The summed E-state index contributed by atoms with van der Waals surface area (Å²) in [6.45, 7) is 5.73. The number of nitrogens with one attached hydrogen (secondary N) is 1. The van der Waals surface area contributed by atoms with Crippen LogP contribution < -0.4 is 5.32 Å². The number of carbonyl (C=O) groups is 2. The molecule has 1 aliphatic heterocycles. The summed E-state index contributed by atoms with van der Waals surface area (Å²) < 4.78 is 22.6. The van der Waals surface area contributed by atoms with Gasteiger partial charge >= 0.3 is 0 Å². The van der Waals surface area contributed by atoms with Gasteiger partial charge in [0.05, 0.1) is 5.75 Å². The van der Waals surface area contributed by atoms with Crippen LogP contribution >= 0.6 is 0 Å². The summed E-state index contributed by atoms with van der Waals surface area (Å²) in [5, 5.41) is 2.75. The highest BCUT2D eigenvalue weighted by molar-refractivity contribution is 7.90. The average Bonchev–Trinajstić information content (AvgIpc) is 2.31. The number of nitrogens with zero attached hydrogens (tertiary/aromatic N) is 1. The fourth-order valence-corrected chi connectivity index (χ4v) is 2.86. The minimum absolute atomic E-state index is 0.0187. The minimum atomic E-state index is -3.17. The van der Waals surface area contributed by atoms with Gasteiger partial charge in [0, 0.05) is 12.8 Å². The monoisotopic (exact) mass is 304 g/mol. The zero-order valence-electron chi connectivity index (χ0n) is 12.5. The highest BCUT2D eigenvalue weighted by Gasteiger charge is 2.41. The summed E-state index contributed by atoms with van der Waals surface area (Å²) >= 11 is 0. The largest absolute Gasteiger partial charge is 0.342 e. The van der Waals surface area contributed by atoms with Crippen molar-refractivity contribution in [2.75, 3.05) is 18.6 Å². The van der Waals surface area contributed by atoms with E-state index in [1.807, 2.05) is 20.8 Å². The molecule has 1 rings (SSSR count). The van der Waals surface area contributed by atoms with Gasteiger partial charge in [0.25, 0.3) is 0 Å². The van der Waals surface area contributed by atoms with Crippen LogP contribution in [0.4, 0.5) is 0 Å². The Balaban J connectivity index is 2.95. The van der Waals surface area contributed by atoms with E-state index in [0.29, 0.717) is 6.42 Å². The summed E-state index contributed by atoms with van der Waals surface area (Å²) in [5.74, 6) is -0.494. The Bertz CT molecular complexity index is 473. The Morgan fingerprint density at radius 3 is 2.35 bits per heavy atom. The molecule has 1 fully saturated rings. The molecule has 7 heteroatoms. The van der Waals surface area contributed by atoms with Crippen molar-refractivity contribution >= 4 is 21.7 Å². The lowest BCUT2D eigenvalue weighted by molar-refractivity contribution is -0.150. The molecule has 1 heterocycles. The van der Waals surface area contributed by atoms with Crippen LogP contribution in [-0.2, 0) is 19.4 Å². The highest BCUT2D eigenvalue weighted by Crippen LogP contribution is 2.18. The third-order valence-corrected chi connectivity index (χ3v) is 4.38. The van der Waals surface area contributed by atoms with Gasteiger partial charge < -0.3 is 10.2 Å². The highest BCUT2D eigenvalue weighted by atomic mass is 32.2. The molecule has 1 N–H and O–H groups in total. The summed E-state index contributed by atoms with van der Waals surface area (Å²) in [7, 11) is -3.17. The molecule has 0 aromatic carbocycles. The Kier molecular flexibility index (Phi) is 5.56. The molecule has 2 amide bonds. The van der Waals surface area contributed by atoms with Crippen LogP contribution in [0.5, 0.6) is 0 Å². The number of sulfone groups is 1. The quantitative estimate of drug-likeness (QED) is 0.759. The van der Waals surface area contributed by atoms with Crippen molar-refractivity contribution in [2.45, 2.75) is 45.7 Å². The SMILES string of the molecule is CCCC1C(=O)NC(C(C)C)C(=O)N1CCS(C)(=O)=O. The van der Waals surface area contributed by atoms with Gasteiger partial charge in [-0.2, -0.15) is 0 Å². The van der Waals surface area contributed by atoms with E-state index in [4.69, 9.17) is 0 Å². The predicted molar refractivity (Wildman–Crippen MR) is 76.9 cm³/mol. The van der Waals surface area contributed by atoms with Crippen LogP contribution in [0.3, 0.4) is 0 Å². The van der Waals surface area contributed by atoms with Crippen LogP contribution in [-0.4, -0.2) is 55.8 Å². The molecule has 0 bridgehead atoms. The number of amides is 2. The van der Waals surface area contributed by atoms with Gasteiger partial charge in [0.2, 0.25) is 11.8 Å². The van der Waals surface area contributed by atoms with Crippen LogP contribution in [0.1, 0.15) is 33.6 Å². The first-order valence-electron chi connectivity index (χ1n) is 6.96. The van der Waals surface area contributed by atoms with Crippen molar-refractivity contribution in [3.63, 3.8) is 0 Å². The predicted octanol–water partition coefficient (Wildman–Crippen LogP) is 0.183. The van der Waals surface area contributed by atoms with E-state index in [9.17, 15) is 18.0 Å². The first-order chi connectivity index (χ1) is 9.17. The van der Waals surface area contributed by atoms with Crippen molar-refractivity contribution in [2.24, 2.45) is 5.92 Å².